The molecule has 0 bridgehead atoms. The van der Waals surface area contributed by atoms with Gasteiger partial charge >= 0.3 is 0 Å². The van der Waals surface area contributed by atoms with Gasteiger partial charge in [-0.3, -0.25) is 0 Å². The molecule has 1 aliphatic rings. The molecule has 0 saturated heterocycles. The summed E-state index contributed by atoms with van der Waals surface area (Å²) in [5, 5.41) is 11.3. The Hall–Kier alpha value is -0.830. The van der Waals surface area contributed by atoms with E-state index in [1.54, 1.807) is 6.20 Å². The Morgan fingerprint density at radius 2 is 2.20 bits per heavy atom. The van der Waals surface area contributed by atoms with E-state index in [9.17, 15) is 0 Å². The van der Waals surface area contributed by atoms with Crippen molar-refractivity contribution >= 4 is 17.3 Å². The first kappa shape index (κ1) is 10.7. The summed E-state index contributed by atoms with van der Waals surface area (Å²) in [5.41, 5.74) is 1.40. The van der Waals surface area contributed by atoms with Crippen LogP contribution in [0.25, 0.3) is 0 Å². The van der Waals surface area contributed by atoms with Gasteiger partial charge in [0.1, 0.15) is 0 Å². The molecule has 0 unspecified atom stereocenters. The van der Waals surface area contributed by atoms with E-state index >= 15 is 0 Å². The first-order chi connectivity index (χ1) is 7.18. The number of nitrogens with one attached hydrogen (secondary N) is 1. The number of hydrogen-bond acceptors (Lipinski definition) is 3. The van der Waals surface area contributed by atoms with Crippen molar-refractivity contribution in [3.05, 3.63) is 17.4 Å². The summed E-state index contributed by atoms with van der Waals surface area (Å²) in [6.07, 6.45) is 7.05. The van der Waals surface area contributed by atoms with Gasteiger partial charge in [0.05, 0.1) is 11.9 Å². The van der Waals surface area contributed by atoms with Crippen LogP contribution in [0.2, 0.25) is 5.15 Å². The lowest BCUT2D eigenvalue weighted by molar-refractivity contribution is 0.362. The molecule has 0 atom stereocenters. The Balaban J connectivity index is 1.92. The van der Waals surface area contributed by atoms with Gasteiger partial charge in [0.2, 0.25) is 0 Å². The molecule has 1 saturated carbocycles. The summed E-state index contributed by atoms with van der Waals surface area (Å²) >= 11 is 5.76. The van der Waals surface area contributed by atoms with Gasteiger partial charge in [0.25, 0.3) is 0 Å². The number of nitrogens with zero attached hydrogens (tertiary/aromatic N) is 2. The van der Waals surface area contributed by atoms with E-state index in [-0.39, 0.29) is 0 Å². The van der Waals surface area contributed by atoms with Gasteiger partial charge in [0, 0.05) is 12.6 Å². The van der Waals surface area contributed by atoms with E-state index < -0.39 is 0 Å². The van der Waals surface area contributed by atoms with Gasteiger partial charge in [0.15, 0.2) is 5.15 Å². The molecule has 1 fully saturated rings. The lowest BCUT2D eigenvalue weighted by atomic mass is 9.89. The number of rotatable bonds is 3. The van der Waals surface area contributed by atoms with Crippen molar-refractivity contribution in [2.24, 2.45) is 5.41 Å². The van der Waals surface area contributed by atoms with Crippen molar-refractivity contribution < 1.29 is 0 Å². The quantitative estimate of drug-likeness (QED) is 0.859. The molecule has 3 nitrogen and oxygen atoms in total. The Kier molecular flexibility index (Phi) is 3.10. The zero-order chi connectivity index (χ0) is 10.7. The molecule has 0 radical (unpaired) electrons. The third-order valence-electron chi connectivity index (χ3n) is 3.15. The number of anilines is 1. The Bertz CT molecular complexity index is 334. The molecule has 1 aromatic rings. The molecule has 0 amide bonds. The van der Waals surface area contributed by atoms with Gasteiger partial charge < -0.3 is 5.32 Å². The highest BCUT2D eigenvalue weighted by molar-refractivity contribution is 6.29. The van der Waals surface area contributed by atoms with Crippen molar-refractivity contribution in [2.45, 2.75) is 32.6 Å². The van der Waals surface area contributed by atoms with E-state index in [0.717, 1.165) is 12.2 Å². The smallest absolute Gasteiger partial charge is 0.153 e. The van der Waals surface area contributed by atoms with Gasteiger partial charge in [-0.15, -0.1) is 5.10 Å². The molecule has 0 spiro atoms. The average Bonchev–Trinajstić information content (AvgIpc) is 2.63. The zero-order valence-electron chi connectivity index (χ0n) is 8.96. The number of halogens is 1. The second-order valence-electron chi connectivity index (χ2n) is 4.64. The summed E-state index contributed by atoms with van der Waals surface area (Å²) in [7, 11) is 0. The summed E-state index contributed by atoms with van der Waals surface area (Å²) in [6, 6.07) is 1.81. The van der Waals surface area contributed by atoms with Gasteiger partial charge in [-0.2, -0.15) is 5.10 Å². The van der Waals surface area contributed by atoms with Crippen LogP contribution < -0.4 is 5.32 Å². The highest BCUT2D eigenvalue weighted by atomic mass is 35.5. The van der Waals surface area contributed by atoms with E-state index in [1.165, 1.54) is 25.7 Å². The Morgan fingerprint density at radius 3 is 2.87 bits per heavy atom. The molecule has 1 aliphatic carbocycles. The van der Waals surface area contributed by atoms with Crippen molar-refractivity contribution in [1.29, 1.82) is 0 Å². The van der Waals surface area contributed by atoms with Crippen LogP contribution in [-0.4, -0.2) is 16.7 Å². The minimum Gasteiger partial charge on any atom is -0.383 e. The maximum Gasteiger partial charge on any atom is 0.153 e. The van der Waals surface area contributed by atoms with Crippen molar-refractivity contribution in [2.75, 3.05) is 11.9 Å². The number of hydrogen-bond donors (Lipinski definition) is 1. The molecule has 0 aromatic carbocycles. The number of aromatic nitrogens is 2. The normalized spacial score (nSPS) is 19.1. The highest BCUT2D eigenvalue weighted by Gasteiger charge is 2.28. The minimum absolute atomic E-state index is 0.440. The Labute approximate surface area is 95.2 Å². The van der Waals surface area contributed by atoms with Crippen LogP contribution in [0, 0.1) is 5.41 Å². The lowest BCUT2D eigenvalue weighted by Gasteiger charge is -2.24. The van der Waals surface area contributed by atoms with Gasteiger partial charge in [-0.05, 0) is 18.3 Å². The fourth-order valence-electron chi connectivity index (χ4n) is 2.16. The average molecular weight is 226 g/mol. The van der Waals surface area contributed by atoms with Crippen molar-refractivity contribution in [3.8, 4) is 0 Å². The monoisotopic (exact) mass is 225 g/mol. The largest absolute Gasteiger partial charge is 0.383 e. The topological polar surface area (TPSA) is 37.8 Å². The lowest BCUT2D eigenvalue weighted by Crippen LogP contribution is -2.23. The first-order valence-corrected chi connectivity index (χ1v) is 5.78. The third-order valence-corrected chi connectivity index (χ3v) is 3.34. The molecule has 2 rings (SSSR count). The predicted octanol–water partition coefficient (Wildman–Crippen LogP) is 3.12. The van der Waals surface area contributed by atoms with Crippen LogP contribution >= 0.6 is 11.6 Å². The summed E-state index contributed by atoms with van der Waals surface area (Å²) < 4.78 is 0. The van der Waals surface area contributed by atoms with Crippen LogP contribution in [0.3, 0.4) is 0 Å². The Morgan fingerprint density at radius 1 is 1.47 bits per heavy atom. The fourth-order valence-corrected chi connectivity index (χ4v) is 2.32. The van der Waals surface area contributed by atoms with E-state index in [1.807, 2.05) is 6.07 Å². The molecular weight excluding hydrogens is 210 g/mol. The standard InChI is InChI=1S/C11H16ClN3/c1-11(4-2-3-5-11)8-13-9-6-10(12)15-14-7-9/h6-7H,2-5,8H2,1H3,(H,13,15). The second kappa shape index (κ2) is 4.35. The molecule has 1 aromatic heterocycles. The van der Waals surface area contributed by atoms with Gasteiger partial charge in [-0.25, -0.2) is 0 Å². The van der Waals surface area contributed by atoms with Crippen molar-refractivity contribution in [1.82, 2.24) is 10.2 Å². The molecule has 1 heterocycles. The van der Waals surface area contributed by atoms with Gasteiger partial charge in [-0.1, -0.05) is 31.4 Å². The molecule has 15 heavy (non-hydrogen) atoms. The SMILES string of the molecule is CC1(CNc2cnnc(Cl)c2)CCCC1. The van der Waals surface area contributed by atoms with E-state index in [0.29, 0.717) is 10.6 Å². The van der Waals surface area contributed by atoms with Crippen LogP contribution in [0.15, 0.2) is 12.3 Å². The first-order valence-electron chi connectivity index (χ1n) is 5.40. The summed E-state index contributed by atoms with van der Waals surface area (Å²) in [6.45, 7) is 3.33. The molecular formula is C11H16ClN3. The highest BCUT2D eigenvalue weighted by Crippen LogP contribution is 2.37. The van der Waals surface area contributed by atoms with Crippen LogP contribution in [0.1, 0.15) is 32.6 Å². The maximum atomic E-state index is 5.76. The van der Waals surface area contributed by atoms with Crippen molar-refractivity contribution in [3.63, 3.8) is 0 Å². The van der Waals surface area contributed by atoms with Crippen LogP contribution in [0.4, 0.5) is 5.69 Å². The minimum atomic E-state index is 0.440. The molecule has 82 valence electrons. The predicted molar refractivity (Wildman–Crippen MR) is 62.1 cm³/mol. The van der Waals surface area contributed by atoms with E-state index in [4.69, 9.17) is 11.6 Å². The maximum absolute atomic E-state index is 5.76. The molecule has 0 aliphatic heterocycles. The zero-order valence-corrected chi connectivity index (χ0v) is 9.72. The second-order valence-corrected chi connectivity index (χ2v) is 5.03. The fraction of sp³-hybridized carbons (Fsp3) is 0.636. The molecule has 4 heteroatoms. The molecule has 1 N–H and O–H groups in total. The van der Waals surface area contributed by atoms with E-state index in [2.05, 4.69) is 22.4 Å². The van der Waals surface area contributed by atoms with Crippen LogP contribution in [0.5, 0.6) is 0 Å². The summed E-state index contributed by atoms with van der Waals surface area (Å²) in [4.78, 5) is 0. The van der Waals surface area contributed by atoms with Crippen LogP contribution in [-0.2, 0) is 0 Å². The summed E-state index contributed by atoms with van der Waals surface area (Å²) in [5.74, 6) is 0. The third kappa shape index (κ3) is 2.81.